The van der Waals surface area contributed by atoms with E-state index in [9.17, 15) is 33.6 Å². The van der Waals surface area contributed by atoms with E-state index in [0.717, 1.165) is 7.11 Å². The van der Waals surface area contributed by atoms with E-state index in [2.05, 4.69) is 20.7 Å². The Labute approximate surface area is 235 Å². The SMILES string of the molecule is COC(=O)[C@H](COC(=O)c1ccc2c(c1)C(=O)c1ccccc1C2=O)NC(=O)[C@H](C)NC(=O)C(C)(C)NC(=O)CN. The quantitative estimate of drug-likeness (QED) is 0.235. The molecule has 2 atom stereocenters. The normalized spacial score (nSPS) is 13.6. The number of hydrogen-bond acceptors (Lipinski definition) is 10. The van der Waals surface area contributed by atoms with Gasteiger partial charge in [0.2, 0.25) is 17.7 Å². The standard InChI is InChI=1S/C28H30N4O9/c1-14(30-27(39)28(2,3)32-21(33)12-29)24(36)31-20(26(38)40-4)13-41-25(37)15-9-10-18-19(11-15)23(35)17-8-6-5-7-16(17)22(18)34/h5-11,14,20H,12-13,29H2,1-4H3,(H,30,39)(H,31,36)(H,32,33)/t14-,20-/m0/s1. The average molecular weight is 567 g/mol. The van der Waals surface area contributed by atoms with Crippen LogP contribution in [0.2, 0.25) is 0 Å². The highest BCUT2D eigenvalue weighted by atomic mass is 16.5. The molecule has 13 heteroatoms. The molecule has 0 bridgehead atoms. The fraction of sp³-hybridized carbons (Fsp3) is 0.321. The van der Waals surface area contributed by atoms with Crippen LogP contribution in [0.15, 0.2) is 42.5 Å². The second-order valence-corrected chi connectivity index (χ2v) is 9.72. The van der Waals surface area contributed by atoms with Gasteiger partial charge in [-0.3, -0.25) is 24.0 Å². The molecule has 0 spiro atoms. The number of ketones is 2. The first-order chi connectivity index (χ1) is 19.3. The lowest BCUT2D eigenvalue weighted by Gasteiger charge is -2.27. The number of amides is 3. The van der Waals surface area contributed by atoms with E-state index < -0.39 is 59.7 Å². The molecule has 3 rings (SSSR count). The lowest BCUT2D eigenvalue weighted by atomic mass is 9.83. The number of esters is 2. The number of ether oxygens (including phenoxy) is 2. The third-order valence-corrected chi connectivity index (χ3v) is 6.29. The lowest BCUT2D eigenvalue weighted by Crippen LogP contribution is -2.60. The van der Waals surface area contributed by atoms with Gasteiger partial charge in [0.15, 0.2) is 17.6 Å². The minimum atomic E-state index is -1.44. The molecule has 2 aromatic rings. The molecule has 41 heavy (non-hydrogen) atoms. The van der Waals surface area contributed by atoms with Crippen LogP contribution in [-0.4, -0.2) is 79.1 Å². The van der Waals surface area contributed by atoms with Crippen molar-refractivity contribution >= 4 is 41.2 Å². The van der Waals surface area contributed by atoms with Crippen molar-refractivity contribution in [1.82, 2.24) is 16.0 Å². The molecule has 0 unspecified atom stereocenters. The number of nitrogens with one attached hydrogen (secondary N) is 3. The molecule has 0 aromatic heterocycles. The Morgan fingerprint density at radius 2 is 1.49 bits per heavy atom. The second kappa shape index (κ2) is 12.5. The molecular weight excluding hydrogens is 536 g/mol. The summed E-state index contributed by atoms with van der Waals surface area (Å²) < 4.78 is 9.89. The second-order valence-electron chi connectivity index (χ2n) is 9.72. The maximum absolute atomic E-state index is 12.9. The summed E-state index contributed by atoms with van der Waals surface area (Å²) >= 11 is 0. The van der Waals surface area contributed by atoms with Gasteiger partial charge in [-0.25, -0.2) is 9.59 Å². The lowest BCUT2D eigenvalue weighted by molar-refractivity contribution is -0.146. The average Bonchev–Trinajstić information content (AvgIpc) is 2.96. The van der Waals surface area contributed by atoms with E-state index in [-0.39, 0.29) is 40.1 Å². The summed E-state index contributed by atoms with van der Waals surface area (Å²) in [5, 5.41) is 7.18. The number of rotatable bonds is 10. The van der Waals surface area contributed by atoms with Gasteiger partial charge >= 0.3 is 11.9 Å². The first-order valence-corrected chi connectivity index (χ1v) is 12.5. The summed E-state index contributed by atoms with van der Waals surface area (Å²) in [6, 6.07) is 7.65. The van der Waals surface area contributed by atoms with Crippen molar-refractivity contribution in [3.63, 3.8) is 0 Å². The highest BCUT2D eigenvalue weighted by Gasteiger charge is 2.33. The first kappa shape index (κ1) is 30.6. The Balaban J connectivity index is 1.67. The summed E-state index contributed by atoms with van der Waals surface area (Å²) in [5.41, 5.74) is 4.49. The zero-order chi connectivity index (χ0) is 30.5. The first-order valence-electron chi connectivity index (χ1n) is 12.5. The molecule has 0 heterocycles. The van der Waals surface area contributed by atoms with E-state index in [1.54, 1.807) is 18.2 Å². The minimum Gasteiger partial charge on any atom is -0.467 e. The van der Waals surface area contributed by atoms with Gasteiger partial charge in [-0.1, -0.05) is 24.3 Å². The van der Waals surface area contributed by atoms with Gasteiger partial charge in [0, 0.05) is 22.3 Å². The third kappa shape index (κ3) is 6.81. The zero-order valence-corrected chi connectivity index (χ0v) is 22.9. The largest absolute Gasteiger partial charge is 0.467 e. The van der Waals surface area contributed by atoms with Crippen LogP contribution in [-0.2, 0) is 28.7 Å². The monoisotopic (exact) mass is 566 g/mol. The summed E-state index contributed by atoms with van der Waals surface area (Å²) in [7, 11) is 1.07. The number of carbonyl (C=O) groups excluding carboxylic acids is 7. The molecule has 0 saturated carbocycles. The smallest absolute Gasteiger partial charge is 0.338 e. The molecule has 1 aliphatic carbocycles. The summed E-state index contributed by atoms with van der Waals surface area (Å²) in [6.07, 6.45) is 0. The van der Waals surface area contributed by atoms with Gasteiger partial charge in [0.05, 0.1) is 19.2 Å². The molecule has 0 radical (unpaired) electrons. The van der Waals surface area contributed by atoms with E-state index in [0.29, 0.717) is 0 Å². The minimum absolute atomic E-state index is 0.0381. The molecule has 13 nitrogen and oxygen atoms in total. The highest BCUT2D eigenvalue weighted by Crippen LogP contribution is 2.28. The Bertz CT molecular complexity index is 1430. The molecule has 5 N–H and O–H groups in total. The Morgan fingerprint density at radius 3 is 2.07 bits per heavy atom. The molecule has 0 fully saturated rings. The number of benzene rings is 2. The number of fused-ring (bicyclic) bond motifs is 2. The van der Waals surface area contributed by atoms with Crippen molar-refractivity contribution in [2.75, 3.05) is 20.3 Å². The number of nitrogens with two attached hydrogens (primary N) is 1. The Morgan fingerprint density at radius 1 is 0.902 bits per heavy atom. The van der Waals surface area contributed by atoms with Crippen molar-refractivity contribution in [3.05, 3.63) is 70.3 Å². The fourth-order valence-corrected chi connectivity index (χ4v) is 3.98. The maximum atomic E-state index is 12.9. The Hall–Kier alpha value is -4.91. The topological polar surface area (TPSA) is 200 Å². The number of methoxy groups -OCH3 is 1. The van der Waals surface area contributed by atoms with Crippen LogP contribution in [0.3, 0.4) is 0 Å². The fourth-order valence-electron chi connectivity index (χ4n) is 3.98. The molecule has 0 aliphatic heterocycles. The maximum Gasteiger partial charge on any atom is 0.338 e. The van der Waals surface area contributed by atoms with Crippen LogP contribution in [0.25, 0.3) is 0 Å². The predicted molar refractivity (Wildman–Crippen MR) is 143 cm³/mol. The van der Waals surface area contributed by atoms with Crippen LogP contribution in [0, 0.1) is 0 Å². The molecule has 3 amide bonds. The van der Waals surface area contributed by atoms with Crippen molar-refractivity contribution < 1.29 is 43.0 Å². The predicted octanol–water partition coefficient (Wildman–Crippen LogP) is -0.365. The van der Waals surface area contributed by atoms with Gasteiger partial charge in [0.25, 0.3) is 0 Å². The molecule has 1 aliphatic rings. The van der Waals surface area contributed by atoms with E-state index >= 15 is 0 Å². The van der Waals surface area contributed by atoms with Gasteiger partial charge in [-0.15, -0.1) is 0 Å². The van der Waals surface area contributed by atoms with Crippen LogP contribution in [0.5, 0.6) is 0 Å². The van der Waals surface area contributed by atoms with Crippen molar-refractivity contribution in [3.8, 4) is 0 Å². The highest BCUT2D eigenvalue weighted by molar-refractivity contribution is 6.28. The van der Waals surface area contributed by atoms with E-state index in [1.165, 1.54) is 45.0 Å². The van der Waals surface area contributed by atoms with Gasteiger partial charge in [-0.05, 0) is 39.0 Å². The van der Waals surface area contributed by atoms with Gasteiger partial charge < -0.3 is 31.2 Å². The molecule has 0 saturated heterocycles. The molecular formula is C28H30N4O9. The van der Waals surface area contributed by atoms with Crippen LogP contribution in [0.1, 0.15) is 63.0 Å². The van der Waals surface area contributed by atoms with Gasteiger partial charge in [-0.2, -0.15) is 0 Å². The van der Waals surface area contributed by atoms with Gasteiger partial charge in [0.1, 0.15) is 18.2 Å². The number of carbonyl (C=O) groups is 7. The van der Waals surface area contributed by atoms with Crippen molar-refractivity contribution in [2.45, 2.75) is 38.4 Å². The van der Waals surface area contributed by atoms with Crippen LogP contribution >= 0.6 is 0 Å². The van der Waals surface area contributed by atoms with Crippen molar-refractivity contribution in [1.29, 1.82) is 0 Å². The third-order valence-electron chi connectivity index (χ3n) is 6.29. The van der Waals surface area contributed by atoms with Crippen LogP contribution < -0.4 is 21.7 Å². The molecule has 2 aromatic carbocycles. The van der Waals surface area contributed by atoms with E-state index in [4.69, 9.17) is 10.5 Å². The van der Waals surface area contributed by atoms with E-state index in [1.807, 2.05) is 0 Å². The number of hydrogen-bond donors (Lipinski definition) is 4. The van der Waals surface area contributed by atoms with Crippen LogP contribution in [0.4, 0.5) is 0 Å². The molecule has 216 valence electrons. The summed E-state index contributed by atoms with van der Waals surface area (Å²) in [5.74, 6) is -4.69. The van der Waals surface area contributed by atoms with Crippen molar-refractivity contribution in [2.24, 2.45) is 5.73 Å². The summed E-state index contributed by atoms with van der Waals surface area (Å²) in [6.45, 7) is 3.21. The Kier molecular flexibility index (Phi) is 9.35. The zero-order valence-electron chi connectivity index (χ0n) is 22.9. The summed E-state index contributed by atoms with van der Waals surface area (Å²) in [4.78, 5) is 87.6.